The average Bonchev–Trinajstić information content (AvgIpc) is 3.53. The highest BCUT2D eigenvalue weighted by atomic mass is 16.6. The van der Waals surface area contributed by atoms with Crippen molar-refractivity contribution in [3.8, 4) is 0 Å². The van der Waals surface area contributed by atoms with Gasteiger partial charge < -0.3 is 19.5 Å². The van der Waals surface area contributed by atoms with Crippen LogP contribution >= 0.6 is 0 Å². The van der Waals surface area contributed by atoms with Gasteiger partial charge in [-0.05, 0) is 71.3 Å². The molecule has 1 aliphatic heterocycles. The predicted molar refractivity (Wildman–Crippen MR) is 115 cm³/mol. The van der Waals surface area contributed by atoms with Crippen LogP contribution in [0.25, 0.3) is 11.0 Å². The lowest BCUT2D eigenvalue weighted by Gasteiger charge is -2.27. The number of nitrogens with zero attached hydrogens (tertiary/aromatic N) is 2. The quantitative estimate of drug-likeness (QED) is 0.795. The summed E-state index contributed by atoms with van der Waals surface area (Å²) in [5, 5.41) is 8.52. The van der Waals surface area contributed by atoms with Gasteiger partial charge in [0.1, 0.15) is 11.3 Å². The van der Waals surface area contributed by atoms with E-state index < -0.39 is 11.1 Å². The first-order valence-corrected chi connectivity index (χ1v) is 11.2. The highest BCUT2D eigenvalue weighted by molar-refractivity contribution is 5.87. The number of piperidine rings is 1. The molecule has 2 heterocycles. The highest BCUT2D eigenvalue weighted by Gasteiger charge is 2.61. The van der Waals surface area contributed by atoms with E-state index >= 15 is 0 Å². The van der Waals surface area contributed by atoms with Crippen molar-refractivity contribution in [1.82, 2.24) is 15.4 Å². The maximum absolute atomic E-state index is 13.1. The lowest BCUT2D eigenvalue weighted by atomic mass is 9.95. The molecule has 2 amide bonds. The molecule has 1 aromatic heterocycles. The van der Waals surface area contributed by atoms with Crippen molar-refractivity contribution in [3.63, 3.8) is 0 Å². The summed E-state index contributed by atoms with van der Waals surface area (Å²) in [6.07, 6.45) is 2.10. The second kappa shape index (κ2) is 6.71. The molecule has 2 unspecified atom stereocenters. The summed E-state index contributed by atoms with van der Waals surface area (Å²) in [6.45, 7) is 10.7. The molecule has 2 aromatic rings. The van der Waals surface area contributed by atoms with Gasteiger partial charge in [0.05, 0.1) is 5.54 Å². The molecular weight excluding hydrogens is 394 g/mol. The Labute approximate surface area is 182 Å². The van der Waals surface area contributed by atoms with E-state index in [9.17, 15) is 9.59 Å². The van der Waals surface area contributed by atoms with Crippen LogP contribution < -0.4 is 5.32 Å². The number of amides is 2. The van der Waals surface area contributed by atoms with E-state index in [-0.39, 0.29) is 29.8 Å². The van der Waals surface area contributed by atoms with Crippen LogP contribution in [0.15, 0.2) is 22.7 Å². The smallest absolute Gasteiger partial charge is 0.410 e. The van der Waals surface area contributed by atoms with Gasteiger partial charge in [-0.1, -0.05) is 17.3 Å². The molecule has 1 saturated heterocycles. The molecule has 31 heavy (non-hydrogen) atoms. The Morgan fingerprint density at radius 1 is 1.13 bits per heavy atom. The number of rotatable bonds is 4. The Hall–Kier alpha value is -2.57. The zero-order chi connectivity index (χ0) is 22.1. The molecule has 0 bridgehead atoms. The van der Waals surface area contributed by atoms with Crippen LogP contribution in [0.5, 0.6) is 0 Å². The molecule has 7 nitrogen and oxygen atoms in total. The van der Waals surface area contributed by atoms with Crippen LogP contribution in [0, 0.1) is 17.8 Å². The molecule has 2 atom stereocenters. The summed E-state index contributed by atoms with van der Waals surface area (Å²) in [7, 11) is 0. The van der Waals surface area contributed by atoms with Crippen LogP contribution in [0.2, 0.25) is 0 Å². The van der Waals surface area contributed by atoms with Crippen molar-refractivity contribution in [2.45, 2.75) is 64.5 Å². The third kappa shape index (κ3) is 3.68. The van der Waals surface area contributed by atoms with Crippen molar-refractivity contribution >= 4 is 23.0 Å². The Morgan fingerprint density at radius 3 is 2.42 bits per heavy atom. The van der Waals surface area contributed by atoms with Crippen LogP contribution in [0.1, 0.15) is 64.6 Å². The van der Waals surface area contributed by atoms with Gasteiger partial charge in [-0.2, -0.15) is 0 Å². The second-order valence-corrected chi connectivity index (χ2v) is 10.9. The number of para-hydroxylation sites is 1. The third-order valence-electron chi connectivity index (χ3n) is 6.72. The molecule has 1 N–H and O–H groups in total. The van der Waals surface area contributed by atoms with Crippen molar-refractivity contribution < 1.29 is 18.8 Å². The number of hydrogen-bond acceptors (Lipinski definition) is 5. The number of aromatic nitrogens is 1. The van der Waals surface area contributed by atoms with Crippen LogP contribution in [0.3, 0.4) is 0 Å². The van der Waals surface area contributed by atoms with Gasteiger partial charge in [-0.25, -0.2) is 4.79 Å². The van der Waals surface area contributed by atoms with Crippen molar-refractivity contribution in [1.29, 1.82) is 0 Å². The van der Waals surface area contributed by atoms with Gasteiger partial charge in [0.15, 0.2) is 5.58 Å². The molecule has 2 aliphatic carbocycles. The Balaban J connectivity index is 1.24. The van der Waals surface area contributed by atoms with E-state index in [4.69, 9.17) is 9.26 Å². The standard InChI is InChI=1S/C24H31N3O4/c1-23(2,3)30-22(29)27-11-16-17(12-27)18(16)21(28)25-24(4,5)20-15-8-6-7-14(13-9-10-13)19(15)31-26-20/h6-8,13,16-18H,9-12H2,1-5H3,(H,25,28). The van der Waals surface area contributed by atoms with Crippen molar-refractivity contribution in [2.24, 2.45) is 17.8 Å². The predicted octanol–water partition coefficient (Wildman–Crippen LogP) is 4.17. The Bertz CT molecular complexity index is 1030. The summed E-state index contributed by atoms with van der Waals surface area (Å²) < 4.78 is 11.2. The zero-order valence-electron chi connectivity index (χ0n) is 18.9. The van der Waals surface area contributed by atoms with E-state index in [0.717, 1.165) is 16.7 Å². The Kier molecular flexibility index (Phi) is 4.40. The van der Waals surface area contributed by atoms with Crippen LogP contribution in [-0.4, -0.2) is 40.7 Å². The van der Waals surface area contributed by atoms with E-state index in [0.29, 0.717) is 19.0 Å². The molecule has 5 rings (SSSR count). The number of carbonyl (C=O) groups is 2. The number of hydrogen-bond donors (Lipinski definition) is 1. The molecule has 7 heteroatoms. The minimum Gasteiger partial charge on any atom is -0.444 e. The maximum Gasteiger partial charge on any atom is 0.410 e. The molecule has 1 aromatic carbocycles. The molecule has 2 saturated carbocycles. The number of likely N-dealkylation sites (tertiary alicyclic amines) is 1. The first-order valence-electron chi connectivity index (χ1n) is 11.2. The number of carbonyl (C=O) groups excluding carboxylic acids is 2. The van der Waals surface area contributed by atoms with Crippen molar-refractivity contribution in [3.05, 3.63) is 29.5 Å². The lowest BCUT2D eigenvalue weighted by Crippen LogP contribution is -2.44. The first-order chi connectivity index (χ1) is 14.5. The van der Waals surface area contributed by atoms with E-state index in [1.807, 2.05) is 46.8 Å². The summed E-state index contributed by atoms with van der Waals surface area (Å²) in [4.78, 5) is 27.1. The van der Waals surface area contributed by atoms with Gasteiger partial charge in [-0.3, -0.25) is 4.79 Å². The fraction of sp³-hybridized carbons (Fsp3) is 0.625. The largest absolute Gasteiger partial charge is 0.444 e. The van der Waals surface area contributed by atoms with Gasteiger partial charge >= 0.3 is 6.09 Å². The van der Waals surface area contributed by atoms with E-state index in [1.165, 1.54) is 18.4 Å². The highest BCUT2D eigenvalue weighted by Crippen LogP contribution is 2.52. The average molecular weight is 426 g/mol. The number of fused-ring (bicyclic) bond motifs is 2. The number of ether oxygens (including phenoxy) is 1. The molecule has 3 aliphatic rings. The van der Waals surface area contributed by atoms with E-state index in [1.54, 1.807) is 4.90 Å². The van der Waals surface area contributed by atoms with E-state index in [2.05, 4.69) is 16.5 Å². The SMILES string of the molecule is CC(C)(C)OC(=O)N1CC2C(C1)C2C(=O)NC(C)(C)c1noc2c(C3CC3)cccc12. The monoisotopic (exact) mass is 425 g/mol. The lowest BCUT2D eigenvalue weighted by molar-refractivity contribution is -0.125. The molecule has 0 spiro atoms. The molecule has 3 fully saturated rings. The fourth-order valence-electron chi connectivity index (χ4n) is 4.99. The third-order valence-corrected chi connectivity index (χ3v) is 6.72. The van der Waals surface area contributed by atoms with Gasteiger partial charge in [0.25, 0.3) is 0 Å². The fourth-order valence-corrected chi connectivity index (χ4v) is 4.99. The maximum atomic E-state index is 13.1. The van der Waals surface area contributed by atoms with Gasteiger partial charge in [0.2, 0.25) is 5.91 Å². The van der Waals surface area contributed by atoms with Gasteiger partial charge in [0, 0.05) is 30.0 Å². The normalized spacial score (nSPS) is 25.5. The molecule has 166 valence electrons. The summed E-state index contributed by atoms with van der Waals surface area (Å²) in [6, 6.07) is 6.18. The number of nitrogens with one attached hydrogen (secondary N) is 1. The second-order valence-electron chi connectivity index (χ2n) is 10.9. The zero-order valence-corrected chi connectivity index (χ0v) is 18.9. The summed E-state index contributed by atoms with van der Waals surface area (Å²) in [5.74, 6) is 0.954. The Morgan fingerprint density at radius 2 is 1.81 bits per heavy atom. The summed E-state index contributed by atoms with van der Waals surface area (Å²) in [5.41, 5.74) is 1.67. The topological polar surface area (TPSA) is 84.7 Å². The summed E-state index contributed by atoms with van der Waals surface area (Å²) >= 11 is 0. The first kappa shape index (κ1) is 20.3. The molecular formula is C24H31N3O4. The minimum atomic E-state index is -0.647. The minimum absolute atomic E-state index is 0.0262. The van der Waals surface area contributed by atoms with Crippen LogP contribution in [-0.2, 0) is 15.1 Å². The molecule has 0 radical (unpaired) electrons. The van der Waals surface area contributed by atoms with Gasteiger partial charge in [-0.15, -0.1) is 0 Å². The van der Waals surface area contributed by atoms with Crippen LogP contribution in [0.4, 0.5) is 4.79 Å². The van der Waals surface area contributed by atoms with Crippen molar-refractivity contribution in [2.75, 3.05) is 13.1 Å². The number of benzene rings is 1.